The van der Waals surface area contributed by atoms with Crippen LogP contribution in [0.4, 0.5) is 0 Å². The van der Waals surface area contributed by atoms with Crippen LogP contribution in [0.25, 0.3) is 12.2 Å². The molecule has 0 heterocycles. The van der Waals surface area contributed by atoms with E-state index in [9.17, 15) is 0 Å². The van der Waals surface area contributed by atoms with Gasteiger partial charge in [-0.3, -0.25) is 0 Å². The van der Waals surface area contributed by atoms with Crippen LogP contribution in [0.5, 0.6) is 0 Å². The molecule has 0 spiro atoms. The molecule has 2 aromatic carbocycles. The van der Waals surface area contributed by atoms with E-state index in [1.165, 1.54) is 11.1 Å². The maximum Gasteiger partial charge on any atom is -0.147 e. The summed E-state index contributed by atoms with van der Waals surface area (Å²) in [4.78, 5) is 0. The van der Waals surface area contributed by atoms with Crippen molar-refractivity contribution in [3.63, 3.8) is 0 Å². The van der Waals surface area contributed by atoms with E-state index in [4.69, 9.17) is 0 Å². The summed E-state index contributed by atoms with van der Waals surface area (Å²) in [6, 6.07) is 18.1. The summed E-state index contributed by atoms with van der Waals surface area (Å²) >= 11 is -1.25. The van der Waals surface area contributed by atoms with Crippen molar-refractivity contribution >= 4 is 43.6 Å². The number of hydrogen-bond acceptors (Lipinski definition) is 0. The van der Waals surface area contributed by atoms with Crippen molar-refractivity contribution in [3.05, 3.63) is 82.9 Å². The van der Waals surface area contributed by atoms with E-state index in [0.29, 0.717) is 0 Å². The van der Waals surface area contributed by atoms with Gasteiger partial charge in [0.05, 0.1) is 0 Å². The fourth-order valence-corrected chi connectivity index (χ4v) is 18.1. The van der Waals surface area contributed by atoms with Gasteiger partial charge in [0, 0.05) is 0 Å². The summed E-state index contributed by atoms with van der Waals surface area (Å²) in [5, 5.41) is 0. The first kappa shape index (κ1) is 19.8. The molecule has 4 heteroatoms. The Hall–Kier alpha value is -0.569. The molecular weight excluding hydrogens is 387 g/mol. The Morgan fingerprint density at radius 3 is 1.54 bits per heavy atom. The van der Waals surface area contributed by atoms with Gasteiger partial charge in [-0.1, -0.05) is 0 Å². The third-order valence-corrected chi connectivity index (χ3v) is 19.3. The van der Waals surface area contributed by atoms with Gasteiger partial charge in [-0.15, -0.1) is 24.8 Å². The fraction of sp³-hybridized carbons (Fsp3) is 0.200. The topological polar surface area (TPSA) is 0 Å². The Morgan fingerprint density at radius 2 is 1.12 bits per heavy atom. The second-order valence-corrected chi connectivity index (χ2v) is 20.6. The van der Waals surface area contributed by atoms with Crippen LogP contribution >= 0.6 is 24.8 Å². The Labute approximate surface area is 164 Å². The first-order valence-corrected chi connectivity index (χ1v) is 15.6. The summed E-state index contributed by atoms with van der Waals surface area (Å²) in [7, 11) is 0. The van der Waals surface area contributed by atoms with E-state index < -0.39 is 23.8 Å². The van der Waals surface area contributed by atoms with Gasteiger partial charge >= 0.3 is 140 Å². The normalized spacial score (nSPS) is 19.5. The van der Waals surface area contributed by atoms with Crippen LogP contribution in [0.15, 0.2) is 60.7 Å². The third kappa shape index (κ3) is 3.38. The van der Waals surface area contributed by atoms with Gasteiger partial charge in [0.25, 0.3) is 0 Å². The van der Waals surface area contributed by atoms with Gasteiger partial charge in [-0.25, -0.2) is 0 Å². The molecule has 0 N–H and O–H groups in total. The molecule has 0 bridgehead atoms. The van der Waals surface area contributed by atoms with Crippen LogP contribution in [0, 0.1) is 0 Å². The Morgan fingerprint density at radius 1 is 0.708 bits per heavy atom. The molecule has 0 radical (unpaired) electrons. The number of allylic oxidation sites excluding steroid dienone is 2. The molecule has 0 saturated carbocycles. The molecule has 125 valence electrons. The van der Waals surface area contributed by atoms with Crippen molar-refractivity contribution < 1.29 is 17.1 Å². The summed E-state index contributed by atoms with van der Waals surface area (Å²) in [6.07, 6.45) is 9.80. The van der Waals surface area contributed by atoms with Gasteiger partial charge < -0.3 is 0 Å². The average Bonchev–Trinajstić information content (AvgIpc) is 3.13. The van der Waals surface area contributed by atoms with Crippen LogP contribution in [0.1, 0.15) is 30.7 Å². The largest absolute Gasteiger partial charge is 0.147 e. The fourth-order valence-electron chi connectivity index (χ4n) is 3.99. The average molecular weight is 410 g/mol. The van der Waals surface area contributed by atoms with Crippen molar-refractivity contribution in [1.29, 1.82) is 0 Å². The zero-order valence-corrected chi connectivity index (χ0v) is 18.3. The summed E-state index contributed by atoms with van der Waals surface area (Å²) in [6.45, 7) is 4.52. The van der Waals surface area contributed by atoms with E-state index in [2.05, 4.69) is 85.9 Å². The third-order valence-electron chi connectivity index (χ3n) is 4.98. The van der Waals surface area contributed by atoms with Gasteiger partial charge in [0.2, 0.25) is 0 Å². The van der Waals surface area contributed by atoms with E-state index in [0.717, 1.165) is 8.45 Å². The van der Waals surface area contributed by atoms with Crippen LogP contribution in [-0.2, 0) is 17.1 Å². The minimum absolute atomic E-state index is 0. The molecule has 0 fully saturated rings. The van der Waals surface area contributed by atoms with Crippen LogP contribution in [-0.4, -0.2) is 6.66 Å². The number of fused-ring (bicyclic) bond motifs is 2. The smallest absolute Gasteiger partial charge is 0.147 e. The van der Waals surface area contributed by atoms with Gasteiger partial charge in [0.1, 0.15) is 0 Å². The summed E-state index contributed by atoms with van der Waals surface area (Å²) in [5.74, 6) is 0. The number of benzene rings is 2. The van der Waals surface area contributed by atoms with Gasteiger partial charge in [-0.05, 0) is 0 Å². The van der Waals surface area contributed by atoms with Crippen molar-refractivity contribution in [1.82, 2.24) is 0 Å². The molecule has 2 atom stereocenters. The van der Waals surface area contributed by atoms with Gasteiger partial charge in [-0.2, -0.15) is 0 Å². The van der Waals surface area contributed by atoms with Crippen LogP contribution < -0.4 is 0 Å². The second kappa shape index (κ2) is 8.21. The first-order chi connectivity index (χ1) is 10.8. The molecule has 2 aliphatic carbocycles. The minimum atomic E-state index is -1.25. The predicted molar refractivity (Wildman–Crippen MR) is 110 cm³/mol. The Balaban J connectivity index is 0.00000104. The summed E-state index contributed by atoms with van der Waals surface area (Å²) in [5.41, 5.74) is 6.14. The van der Waals surface area contributed by atoms with Crippen molar-refractivity contribution in [3.8, 4) is 0 Å². The standard InChI is InChI=1S/2C9H7.C2H7Si.2ClH.Ti/c2*1-2-5-9-7-3-6-8(9)4-1;1-3-2;;;/h2*1-7H;3H,1-2H3;2*1H;. The van der Waals surface area contributed by atoms with Crippen molar-refractivity contribution in [2.24, 2.45) is 0 Å². The van der Waals surface area contributed by atoms with E-state index in [1.54, 1.807) is 11.1 Å². The van der Waals surface area contributed by atoms with E-state index >= 15 is 0 Å². The van der Waals surface area contributed by atoms with E-state index in [-0.39, 0.29) is 24.8 Å². The molecule has 0 nitrogen and oxygen atoms in total. The zero-order chi connectivity index (χ0) is 15.1. The quantitative estimate of drug-likeness (QED) is 0.547. The van der Waals surface area contributed by atoms with Crippen LogP contribution in [0.2, 0.25) is 13.1 Å². The minimum Gasteiger partial charge on any atom is -0.147 e. The molecule has 2 aromatic rings. The maximum absolute atomic E-state index is 2.58. The molecule has 0 saturated heterocycles. The molecule has 0 amide bonds. The zero-order valence-electron chi connectivity index (χ0n) is 14.0. The predicted octanol–water partition coefficient (Wildman–Crippen LogP) is 5.97. The molecule has 0 aliphatic heterocycles. The molecule has 0 aromatic heterocycles. The molecule has 4 rings (SSSR count). The number of halogens is 2. The molecule has 2 unspecified atom stereocenters. The first-order valence-electron chi connectivity index (χ1n) is 8.16. The van der Waals surface area contributed by atoms with Crippen molar-refractivity contribution in [2.45, 2.75) is 21.5 Å². The number of hydrogen-bond donors (Lipinski definition) is 0. The maximum atomic E-state index is 2.58. The van der Waals surface area contributed by atoms with Crippen molar-refractivity contribution in [2.75, 3.05) is 0 Å². The molecule has 24 heavy (non-hydrogen) atoms. The van der Waals surface area contributed by atoms with Gasteiger partial charge in [0.15, 0.2) is 0 Å². The monoisotopic (exact) mass is 409 g/mol. The van der Waals surface area contributed by atoms with E-state index in [1.807, 2.05) is 0 Å². The second-order valence-electron chi connectivity index (χ2n) is 6.59. The SMILES string of the molecule is C[SiH](C)[Ti]([CH]1C=Cc2ccccc21)[CH]1C=Cc2ccccc21.Cl.Cl. The Kier molecular flexibility index (Phi) is 6.75. The number of rotatable bonds is 3. The molecular formula is C20H23Cl2SiTi. The van der Waals surface area contributed by atoms with Crippen LogP contribution in [0.3, 0.4) is 0 Å². The molecule has 2 aliphatic rings. The summed E-state index contributed by atoms with van der Waals surface area (Å²) < 4.78 is 1.51. The Bertz CT molecular complexity index is 708.